The predicted octanol–water partition coefficient (Wildman–Crippen LogP) is 2.53. The maximum Gasteiger partial charge on any atom is 0.305 e. The van der Waals surface area contributed by atoms with Crippen LogP contribution in [0.3, 0.4) is 0 Å². The molecule has 0 amide bonds. The molecule has 2 rings (SSSR count). The van der Waals surface area contributed by atoms with Gasteiger partial charge in [-0.3, -0.25) is 4.79 Å². The second-order valence-corrected chi connectivity index (χ2v) is 4.92. The van der Waals surface area contributed by atoms with Crippen molar-refractivity contribution in [1.29, 1.82) is 0 Å². The summed E-state index contributed by atoms with van der Waals surface area (Å²) in [6.07, 6.45) is 2.14. The maximum atomic E-state index is 10.9. The average molecular weight is 233 g/mol. The SMILES string of the molecule is Cc1ccc2c(c1C)N(C)C(CC(=O)O)CC2. The summed E-state index contributed by atoms with van der Waals surface area (Å²) in [6, 6.07) is 4.45. The summed E-state index contributed by atoms with van der Waals surface area (Å²) in [7, 11) is 2.01. The summed E-state index contributed by atoms with van der Waals surface area (Å²) in [6.45, 7) is 4.22. The summed E-state index contributed by atoms with van der Waals surface area (Å²) in [5.74, 6) is -0.712. The first-order valence-corrected chi connectivity index (χ1v) is 6.04. The van der Waals surface area contributed by atoms with Crippen LogP contribution in [0.5, 0.6) is 0 Å². The first kappa shape index (κ1) is 12.0. The molecule has 0 spiro atoms. The van der Waals surface area contributed by atoms with Crippen molar-refractivity contribution in [2.75, 3.05) is 11.9 Å². The average Bonchev–Trinajstić information content (AvgIpc) is 2.26. The highest BCUT2D eigenvalue weighted by molar-refractivity contribution is 5.70. The Kier molecular flexibility index (Phi) is 3.09. The van der Waals surface area contributed by atoms with Crippen molar-refractivity contribution in [2.24, 2.45) is 0 Å². The largest absolute Gasteiger partial charge is 0.481 e. The Morgan fingerprint density at radius 2 is 2.18 bits per heavy atom. The van der Waals surface area contributed by atoms with Crippen LogP contribution in [0.25, 0.3) is 0 Å². The second-order valence-electron chi connectivity index (χ2n) is 4.92. The predicted molar refractivity (Wildman–Crippen MR) is 68.7 cm³/mol. The molecule has 0 radical (unpaired) electrons. The number of carbonyl (C=O) groups is 1. The third-order valence-corrected chi connectivity index (χ3v) is 3.84. The van der Waals surface area contributed by atoms with E-state index in [2.05, 4.69) is 30.9 Å². The Labute approximate surface area is 102 Å². The van der Waals surface area contributed by atoms with E-state index in [-0.39, 0.29) is 12.5 Å². The van der Waals surface area contributed by atoms with Crippen molar-refractivity contribution in [3.8, 4) is 0 Å². The molecule has 1 heterocycles. The molecule has 0 bridgehead atoms. The fraction of sp³-hybridized carbons (Fsp3) is 0.500. The number of aliphatic carboxylic acids is 1. The highest BCUT2D eigenvalue weighted by Crippen LogP contribution is 2.34. The molecule has 1 aromatic carbocycles. The molecule has 0 saturated heterocycles. The lowest BCUT2D eigenvalue weighted by Gasteiger charge is -2.37. The Morgan fingerprint density at radius 1 is 1.47 bits per heavy atom. The molecule has 0 fully saturated rings. The normalized spacial score (nSPS) is 19.0. The van der Waals surface area contributed by atoms with E-state index in [0.29, 0.717) is 0 Å². The molecule has 17 heavy (non-hydrogen) atoms. The number of nitrogens with zero attached hydrogens (tertiary/aromatic N) is 1. The van der Waals surface area contributed by atoms with Gasteiger partial charge in [-0.05, 0) is 43.4 Å². The van der Waals surface area contributed by atoms with Crippen molar-refractivity contribution >= 4 is 11.7 Å². The number of rotatable bonds is 2. The van der Waals surface area contributed by atoms with Gasteiger partial charge in [-0.25, -0.2) is 0 Å². The molecule has 0 aromatic heterocycles. The molecular weight excluding hydrogens is 214 g/mol. The van der Waals surface area contributed by atoms with Gasteiger partial charge < -0.3 is 10.0 Å². The first-order chi connectivity index (χ1) is 8.00. The van der Waals surface area contributed by atoms with Crippen molar-refractivity contribution in [1.82, 2.24) is 0 Å². The van der Waals surface area contributed by atoms with Gasteiger partial charge in [-0.1, -0.05) is 12.1 Å². The van der Waals surface area contributed by atoms with Crippen molar-refractivity contribution in [2.45, 2.75) is 39.2 Å². The number of anilines is 1. The minimum absolute atomic E-state index is 0.125. The Hall–Kier alpha value is -1.51. The summed E-state index contributed by atoms with van der Waals surface area (Å²) in [5, 5.41) is 8.93. The summed E-state index contributed by atoms with van der Waals surface area (Å²) < 4.78 is 0. The van der Waals surface area contributed by atoms with Crippen LogP contribution in [0.4, 0.5) is 5.69 Å². The molecule has 0 aliphatic carbocycles. The van der Waals surface area contributed by atoms with Crippen LogP contribution in [-0.4, -0.2) is 24.2 Å². The monoisotopic (exact) mass is 233 g/mol. The molecule has 3 heteroatoms. The number of carboxylic acid groups (broad SMARTS) is 1. The van der Waals surface area contributed by atoms with Gasteiger partial charge in [0.25, 0.3) is 0 Å². The zero-order valence-electron chi connectivity index (χ0n) is 10.7. The van der Waals surface area contributed by atoms with Crippen LogP contribution in [0, 0.1) is 13.8 Å². The van der Waals surface area contributed by atoms with E-state index in [1.807, 2.05) is 7.05 Å². The van der Waals surface area contributed by atoms with Crippen molar-refractivity contribution < 1.29 is 9.90 Å². The van der Waals surface area contributed by atoms with Crippen LogP contribution in [0.2, 0.25) is 0 Å². The Morgan fingerprint density at radius 3 is 2.82 bits per heavy atom. The van der Waals surface area contributed by atoms with Crippen LogP contribution < -0.4 is 4.90 Å². The zero-order valence-corrected chi connectivity index (χ0v) is 10.7. The summed E-state index contributed by atoms with van der Waals surface area (Å²) >= 11 is 0. The van der Waals surface area contributed by atoms with Crippen LogP contribution >= 0.6 is 0 Å². The van der Waals surface area contributed by atoms with Gasteiger partial charge >= 0.3 is 5.97 Å². The maximum absolute atomic E-state index is 10.9. The van der Waals surface area contributed by atoms with Crippen molar-refractivity contribution in [3.05, 3.63) is 28.8 Å². The number of benzene rings is 1. The van der Waals surface area contributed by atoms with Crippen LogP contribution in [0.1, 0.15) is 29.5 Å². The molecule has 1 aliphatic heterocycles. The van der Waals surface area contributed by atoms with Crippen LogP contribution in [0.15, 0.2) is 12.1 Å². The lowest BCUT2D eigenvalue weighted by Crippen LogP contribution is -2.38. The van der Waals surface area contributed by atoms with Gasteiger partial charge in [0.05, 0.1) is 6.42 Å². The van der Waals surface area contributed by atoms with E-state index in [0.717, 1.165) is 12.8 Å². The lowest BCUT2D eigenvalue weighted by atomic mass is 9.90. The molecule has 1 aliphatic rings. The molecule has 1 aromatic rings. The van der Waals surface area contributed by atoms with Gasteiger partial charge in [-0.15, -0.1) is 0 Å². The van der Waals surface area contributed by atoms with E-state index in [4.69, 9.17) is 5.11 Å². The highest BCUT2D eigenvalue weighted by atomic mass is 16.4. The fourth-order valence-electron chi connectivity index (χ4n) is 2.69. The third kappa shape index (κ3) is 2.14. The molecular formula is C14H19NO2. The van der Waals surface area contributed by atoms with E-state index in [1.54, 1.807) is 0 Å². The zero-order chi connectivity index (χ0) is 12.6. The molecule has 1 unspecified atom stereocenters. The molecule has 0 saturated carbocycles. The van der Waals surface area contributed by atoms with Gasteiger partial charge in [-0.2, -0.15) is 0 Å². The van der Waals surface area contributed by atoms with E-state index in [9.17, 15) is 4.79 Å². The van der Waals surface area contributed by atoms with E-state index < -0.39 is 5.97 Å². The third-order valence-electron chi connectivity index (χ3n) is 3.84. The van der Waals surface area contributed by atoms with Crippen molar-refractivity contribution in [3.63, 3.8) is 0 Å². The lowest BCUT2D eigenvalue weighted by molar-refractivity contribution is -0.137. The summed E-state index contributed by atoms with van der Waals surface area (Å²) in [5.41, 5.74) is 5.13. The Bertz CT molecular complexity index is 454. The smallest absolute Gasteiger partial charge is 0.305 e. The van der Waals surface area contributed by atoms with Gasteiger partial charge in [0.2, 0.25) is 0 Å². The second kappa shape index (κ2) is 4.40. The molecule has 92 valence electrons. The summed E-state index contributed by atoms with van der Waals surface area (Å²) in [4.78, 5) is 13.0. The fourth-order valence-corrected chi connectivity index (χ4v) is 2.69. The van der Waals surface area contributed by atoms with Gasteiger partial charge in [0.1, 0.15) is 0 Å². The minimum Gasteiger partial charge on any atom is -0.481 e. The Balaban J connectivity index is 2.37. The van der Waals surface area contributed by atoms with Gasteiger partial charge in [0.15, 0.2) is 0 Å². The number of hydrogen-bond donors (Lipinski definition) is 1. The quantitative estimate of drug-likeness (QED) is 0.853. The molecule has 1 N–H and O–H groups in total. The number of fused-ring (bicyclic) bond motifs is 1. The number of hydrogen-bond acceptors (Lipinski definition) is 2. The van der Waals surface area contributed by atoms with E-state index >= 15 is 0 Å². The number of carboxylic acids is 1. The molecule has 3 nitrogen and oxygen atoms in total. The van der Waals surface area contributed by atoms with Gasteiger partial charge in [0, 0.05) is 18.8 Å². The minimum atomic E-state index is -0.712. The standard InChI is InChI=1S/C14H19NO2/c1-9-4-5-11-6-7-12(8-13(16)17)15(3)14(11)10(9)2/h4-5,12H,6-8H2,1-3H3,(H,16,17). The van der Waals surface area contributed by atoms with E-state index in [1.165, 1.54) is 22.4 Å². The first-order valence-electron chi connectivity index (χ1n) is 6.04. The number of aryl methyl sites for hydroxylation is 2. The highest BCUT2D eigenvalue weighted by Gasteiger charge is 2.26. The van der Waals surface area contributed by atoms with Crippen LogP contribution in [-0.2, 0) is 11.2 Å². The molecule has 1 atom stereocenters. The topological polar surface area (TPSA) is 40.5 Å².